The summed E-state index contributed by atoms with van der Waals surface area (Å²) >= 11 is 0. The first kappa shape index (κ1) is 9.03. The van der Waals surface area contributed by atoms with E-state index in [1.54, 1.807) is 31.4 Å². The summed E-state index contributed by atoms with van der Waals surface area (Å²) in [5.41, 5.74) is 4.82. The van der Waals surface area contributed by atoms with E-state index in [9.17, 15) is 5.11 Å². The quantitative estimate of drug-likeness (QED) is 0.641. The molecule has 3 nitrogen and oxygen atoms in total. The summed E-state index contributed by atoms with van der Waals surface area (Å²) in [6.07, 6.45) is 0. The Balaban J connectivity index is 3.02. The molecule has 1 atom stereocenters. The van der Waals surface area contributed by atoms with Gasteiger partial charge in [-0.05, 0) is 19.1 Å². The van der Waals surface area contributed by atoms with Gasteiger partial charge in [0.2, 0.25) is 0 Å². The molecule has 3 heteroatoms. The third kappa shape index (κ3) is 1.96. The summed E-state index contributed by atoms with van der Waals surface area (Å²) in [6.45, 7) is 1.53. The van der Waals surface area contributed by atoms with E-state index < -0.39 is 5.72 Å². The molecular weight excluding hydrogens is 154 g/mol. The topological polar surface area (TPSA) is 55.5 Å². The first-order valence-electron chi connectivity index (χ1n) is 3.70. The smallest absolute Gasteiger partial charge is 0.136 e. The van der Waals surface area contributed by atoms with Gasteiger partial charge in [0.15, 0.2) is 0 Å². The molecule has 0 aliphatic heterocycles. The molecule has 0 aliphatic carbocycles. The molecule has 0 heterocycles. The molecule has 0 radical (unpaired) electrons. The molecule has 0 saturated heterocycles. The molecule has 0 fully saturated rings. The van der Waals surface area contributed by atoms with Gasteiger partial charge in [-0.2, -0.15) is 0 Å². The van der Waals surface area contributed by atoms with Crippen molar-refractivity contribution in [2.24, 2.45) is 5.73 Å². The Kier molecular flexibility index (Phi) is 2.35. The van der Waals surface area contributed by atoms with Crippen LogP contribution in [-0.4, -0.2) is 12.2 Å². The van der Waals surface area contributed by atoms with E-state index >= 15 is 0 Å². The van der Waals surface area contributed by atoms with Crippen LogP contribution in [0.3, 0.4) is 0 Å². The Morgan fingerprint density at radius 3 is 2.67 bits per heavy atom. The van der Waals surface area contributed by atoms with E-state index in [0.717, 1.165) is 0 Å². The van der Waals surface area contributed by atoms with Crippen LogP contribution in [0.5, 0.6) is 5.75 Å². The van der Waals surface area contributed by atoms with E-state index in [4.69, 9.17) is 10.5 Å². The molecule has 0 aromatic heterocycles. The normalized spacial score (nSPS) is 15.3. The van der Waals surface area contributed by atoms with Gasteiger partial charge in [0.1, 0.15) is 11.5 Å². The first-order chi connectivity index (χ1) is 5.54. The van der Waals surface area contributed by atoms with Crippen LogP contribution in [0, 0.1) is 0 Å². The summed E-state index contributed by atoms with van der Waals surface area (Å²) in [5.74, 6) is 0.693. The van der Waals surface area contributed by atoms with Crippen LogP contribution in [0.4, 0.5) is 0 Å². The maximum atomic E-state index is 9.43. The summed E-state index contributed by atoms with van der Waals surface area (Å²) < 4.78 is 4.98. The fraction of sp³-hybridized carbons (Fsp3) is 0.333. The van der Waals surface area contributed by atoms with Crippen LogP contribution in [-0.2, 0) is 5.72 Å². The number of aliphatic hydroxyl groups is 1. The molecule has 0 saturated carbocycles. The molecule has 1 rings (SSSR count). The fourth-order valence-corrected chi connectivity index (χ4v) is 0.938. The molecule has 1 unspecified atom stereocenters. The lowest BCUT2D eigenvalue weighted by Crippen LogP contribution is -2.32. The minimum Gasteiger partial charge on any atom is -0.497 e. The van der Waals surface area contributed by atoms with Gasteiger partial charge in [0.25, 0.3) is 0 Å². The van der Waals surface area contributed by atoms with Crippen molar-refractivity contribution in [2.75, 3.05) is 7.11 Å². The Morgan fingerprint density at radius 1 is 1.50 bits per heavy atom. The molecule has 12 heavy (non-hydrogen) atoms. The molecule has 0 spiro atoms. The largest absolute Gasteiger partial charge is 0.497 e. The van der Waals surface area contributed by atoms with Gasteiger partial charge in [0.05, 0.1) is 7.11 Å². The van der Waals surface area contributed by atoms with Crippen molar-refractivity contribution in [1.29, 1.82) is 0 Å². The van der Waals surface area contributed by atoms with Crippen molar-refractivity contribution in [3.63, 3.8) is 0 Å². The zero-order valence-corrected chi connectivity index (χ0v) is 7.24. The van der Waals surface area contributed by atoms with Gasteiger partial charge in [-0.3, -0.25) is 0 Å². The van der Waals surface area contributed by atoms with Crippen molar-refractivity contribution in [1.82, 2.24) is 0 Å². The number of ether oxygens (including phenoxy) is 1. The average molecular weight is 167 g/mol. The van der Waals surface area contributed by atoms with E-state index in [1.807, 2.05) is 0 Å². The van der Waals surface area contributed by atoms with Crippen LogP contribution in [0.2, 0.25) is 0 Å². The van der Waals surface area contributed by atoms with Gasteiger partial charge in [0, 0.05) is 5.56 Å². The Labute approximate surface area is 71.8 Å². The predicted octanol–water partition coefficient (Wildman–Crippen LogP) is 0.819. The van der Waals surface area contributed by atoms with Crippen molar-refractivity contribution in [2.45, 2.75) is 12.6 Å². The predicted molar refractivity (Wildman–Crippen MR) is 46.8 cm³/mol. The summed E-state index contributed by atoms with van der Waals surface area (Å²) in [5, 5.41) is 9.43. The summed E-state index contributed by atoms with van der Waals surface area (Å²) in [7, 11) is 1.57. The highest BCUT2D eigenvalue weighted by atomic mass is 16.5. The monoisotopic (exact) mass is 167 g/mol. The van der Waals surface area contributed by atoms with Gasteiger partial charge in [-0.15, -0.1) is 0 Å². The van der Waals surface area contributed by atoms with E-state index in [0.29, 0.717) is 11.3 Å². The number of benzene rings is 1. The van der Waals surface area contributed by atoms with Crippen molar-refractivity contribution >= 4 is 0 Å². The van der Waals surface area contributed by atoms with Gasteiger partial charge < -0.3 is 15.6 Å². The highest BCUT2D eigenvalue weighted by Gasteiger charge is 2.16. The van der Waals surface area contributed by atoms with E-state index in [-0.39, 0.29) is 0 Å². The van der Waals surface area contributed by atoms with Crippen LogP contribution < -0.4 is 10.5 Å². The fourth-order valence-electron chi connectivity index (χ4n) is 0.938. The maximum absolute atomic E-state index is 9.43. The SMILES string of the molecule is COc1cccc(C(C)(N)O)c1. The van der Waals surface area contributed by atoms with Crippen LogP contribution in [0.25, 0.3) is 0 Å². The maximum Gasteiger partial charge on any atom is 0.136 e. The minimum atomic E-state index is -1.30. The molecule has 0 aliphatic rings. The Hall–Kier alpha value is -1.06. The van der Waals surface area contributed by atoms with Crippen molar-refractivity contribution in [3.8, 4) is 5.75 Å². The summed E-state index contributed by atoms with van der Waals surface area (Å²) in [6, 6.07) is 7.05. The second-order valence-corrected chi connectivity index (χ2v) is 2.88. The van der Waals surface area contributed by atoms with E-state index in [2.05, 4.69) is 0 Å². The number of nitrogens with two attached hydrogens (primary N) is 1. The molecule has 0 amide bonds. The van der Waals surface area contributed by atoms with E-state index in [1.165, 1.54) is 6.92 Å². The molecule has 3 N–H and O–H groups in total. The number of hydrogen-bond acceptors (Lipinski definition) is 3. The number of methoxy groups -OCH3 is 1. The molecule has 1 aromatic rings. The second-order valence-electron chi connectivity index (χ2n) is 2.88. The zero-order chi connectivity index (χ0) is 9.19. The number of hydrogen-bond donors (Lipinski definition) is 2. The Morgan fingerprint density at radius 2 is 2.17 bits per heavy atom. The third-order valence-electron chi connectivity index (χ3n) is 1.65. The standard InChI is InChI=1S/C9H13NO2/c1-9(10,11)7-4-3-5-8(6-7)12-2/h3-6,11H,10H2,1-2H3. The third-order valence-corrected chi connectivity index (χ3v) is 1.65. The Bertz CT molecular complexity index is 265. The molecule has 0 bridgehead atoms. The first-order valence-corrected chi connectivity index (χ1v) is 3.70. The highest BCUT2D eigenvalue weighted by molar-refractivity contribution is 5.31. The zero-order valence-electron chi connectivity index (χ0n) is 7.24. The van der Waals surface area contributed by atoms with Gasteiger partial charge in [-0.1, -0.05) is 12.1 Å². The van der Waals surface area contributed by atoms with Crippen LogP contribution >= 0.6 is 0 Å². The molecule has 66 valence electrons. The lowest BCUT2D eigenvalue weighted by atomic mass is 10.1. The average Bonchev–Trinajstić information content (AvgIpc) is 2.03. The summed E-state index contributed by atoms with van der Waals surface area (Å²) in [4.78, 5) is 0. The highest BCUT2D eigenvalue weighted by Crippen LogP contribution is 2.19. The van der Waals surface area contributed by atoms with Crippen molar-refractivity contribution < 1.29 is 9.84 Å². The lowest BCUT2D eigenvalue weighted by Gasteiger charge is -2.17. The lowest BCUT2D eigenvalue weighted by molar-refractivity contribution is 0.0645. The van der Waals surface area contributed by atoms with Crippen LogP contribution in [0.15, 0.2) is 24.3 Å². The number of rotatable bonds is 2. The van der Waals surface area contributed by atoms with Crippen LogP contribution in [0.1, 0.15) is 12.5 Å². The second kappa shape index (κ2) is 3.13. The molecule has 1 aromatic carbocycles. The van der Waals surface area contributed by atoms with Gasteiger partial charge >= 0.3 is 0 Å². The van der Waals surface area contributed by atoms with Crippen molar-refractivity contribution in [3.05, 3.63) is 29.8 Å². The van der Waals surface area contributed by atoms with Gasteiger partial charge in [-0.25, -0.2) is 0 Å². The minimum absolute atomic E-state index is 0.641. The molecular formula is C9H13NO2.